The summed E-state index contributed by atoms with van der Waals surface area (Å²) in [5.74, 6) is 0. The van der Waals surface area contributed by atoms with Gasteiger partial charge >= 0.3 is 0 Å². The standard InChI is InChI=1S/C16H28N2O/c1-5-14-7-9-15(10-8-14)16(17)11-18(6-2)13(3)12-19-4/h7-10,13,16H,5-6,11-12,17H2,1-4H3. The zero-order valence-corrected chi connectivity index (χ0v) is 12.7. The van der Waals surface area contributed by atoms with Crippen molar-refractivity contribution >= 4 is 0 Å². The van der Waals surface area contributed by atoms with Gasteiger partial charge in [-0.2, -0.15) is 0 Å². The molecule has 1 aromatic rings. The molecule has 0 aliphatic carbocycles. The van der Waals surface area contributed by atoms with Crippen LogP contribution in [0.25, 0.3) is 0 Å². The molecule has 0 aromatic heterocycles. The van der Waals surface area contributed by atoms with E-state index in [1.54, 1.807) is 7.11 Å². The molecule has 0 radical (unpaired) electrons. The molecule has 0 amide bonds. The minimum atomic E-state index is 0.0603. The Kier molecular flexibility index (Phi) is 7.06. The Morgan fingerprint density at radius 2 is 1.84 bits per heavy atom. The summed E-state index contributed by atoms with van der Waals surface area (Å²) in [5, 5.41) is 0. The van der Waals surface area contributed by atoms with Gasteiger partial charge in [-0.05, 0) is 31.0 Å². The lowest BCUT2D eigenvalue weighted by atomic mass is 10.0. The highest BCUT2D eigenvalue weighted by molar-refractivity contribution is 5.25. The maximum absolute atomic E-state index is 6.31. The molecule has 2 N–H and O–H groups in total. The Balaban J connectivity index is 2.62. The first-order valence-corrected chi connectivity index (χ1v) is 7.19. The number of aryl methyl sites for hydroxylation is 1. The number of hydrogen-bond donors (Lipinski definition) is 1. The highest BCUT2D eigenvalue weighted by atomic mass is 16.5. The molecular weight excluding hydrogens is 236 g/mol. The molecule has 0 saturated carbocycles. The second-order valence-corrected chi connectivity index (χ2v) is 5.09. The van der Waals surface area contributed by atoms with Crippen molar-refractivity contribution in [2.75, 3.05) is 26.8 Å². The van der Waals surface area contributed by atoms with Crippen molar-refractivity contribution in [2.24, 2.45) is 5.73 Å². The Morgan fingerprint density at radius 1 is 1.21 bits per heavy atom. The first kappa shape index (κ1) is 16.2. The highest BCUT2D eigenvalue weighted by Crippen LogP contribution is 2.15. The van der Waals surface area contributed by atoms with Gasteiger partial charge in [0.15, 0.2) is 0 Å². The Hall–Kier alpha value is -0.900. The highest BCUT2D eigenvalue weighted by Gasteiger charge is 2.16. The summed E-state index contributed by atoms with van der Waals surface area (Å²) in [4.78, 5) is 2.36. The van der Waals surface area contributed by atoms with Crippen LogP contribution < -0.4 is 5.73 Å². The second kappa shape index (κ2) is 8.31. The molecule has 19 heavy (non-hydrogen) atoms. The Bertz CT molecular complexity index is 350. The number of ether oxygens (including phenoxy) is 1. The van der Waals surface area contributed by atoms with Gasteiger partial charge in [0.1, 0.15) is 0 Å². The number of hydrogen-bond acceptors (Lipinski definition) is 3. The molecule has 0 aliphatic heterocycles. The van der Waals surface area contributed by atoms with E-state index in [9.17, 15) is 0 Å². The summed E-state index contributed by atoms with van der Waals surface area (Å²) >= 11 is 0. The van der Waals surface area contributed by atoms with Crippen LogP contribution >= 0.6 is 0 Å². The molecule has 108 valence electrons. The lowest BCUT2D eigenvalue weighted by Gasteiger charge is -2.30. The van der Waals surface area contributed by atoms with Crippen LogP contribution in [0.4, 0.5) is 0 Å². The van der Waals surface area contributed by atoms with Crippen LogP contribution in [-0.2, 0) is 11.2 Å². The van der Waals surface area contributed by atoms with E-state index in [0.717, 1.165) is 26.1 Å². The lowest BCUT2D eigenvalue weighted by molar-refractivity contribution is 0.0986. The first-order valence-electron chi connectivity index (χ1n) is 7.19. The average Bonchev–Trinajstić information content (AvgIpc) is 2.44. The van der Waals surface area contributed by atoms with Gasteiger partial charge in [-0.3, -0.25) is 4.90 Å². The van der Waals surface area contributed by atoms with Crippen molar-refractivity contribution in [3.63, 3.8) is 0 Å². The molecule has 2 unspecified atom stereocenters. The van der Waals surface area contributed by atoms with Crippen molar-refractivity contribution < 1.29 is 4.74 Å². The van der Waals surface area contributed by atoms with Crippen LogP contribution in [0.3, 0.4) is 0 Å². The zero-order valence-electron chi connectivity index (χ0n) is 12.7. The van der Waals surface area contributed by atoms with Gasteiger partial charge in [0.2, 0.25) is 0 Å². The quantitative estimate of drug-likeness (QED) is 0.784. The minimum Gasteiger partial charge on any atom is -0.383 e. The van der Waals surface area contributed by atoms with Gasteiger partial charge in [0, 0.05) is 25.7 Å². The van der Waals surface area contributed by atoms with Gasteiger partial charge < -0.3 is 10.5 Å². The van der Waals surface area contributed by atoms with Crippen molar-refractivity contribution in [3.05, 3.63) is 35.4 Å². The molecule has 1 aromatic carbocycles. The van der Waals surface area contributed by atoms with Gasteiger partial charge in [0.05, 0.1) is 6.61 Å². The topological polar surface area (TPSA) is 38.5 Å². The third kappa shape index (κ3) is 4.94. The summed E-state index contributed by atoms with van der Waals surface area (Å²) in [6.07, 6.45) is 1.07. The summed E-state index contributed by atoms with van der Waals surface area (Å²) in [6, 6.07) is 9.10. The fourth-order valence-electron chi connectivity index (χ4n) is 2.33. The number of rotatable bonds is 8. The van der Waals surface area contributed by atoms with Crippen molar-refractivity contribution in [3.8, 4) is 0 Å². The predicted octanol–water partition coefficient (Wildman–Crippen LogP) is 2.61. The van der Waals surface area contributed by atoms with E-state index in [1.807, 2.05) is 0 Å². The summed E-state index contributed by atoms with van der Waals surface area (Å²) in [6.45, 7) is 9.12. The molecule has 0 saturated heterocycles. The van der Waals surface area contributed by atoms with Gasteiger partial charge in [-0.15, -0.1) is 0 Å². The van der Waals surface area contributed by atoms with E-state index in [-0.39, 0.29) is 6.04 Å². The van der Waals surface area contributed by atoms with E-state index in [4.69, 9.17) is 10.5 Å². The number of nitrogens with two attached hydrogens (primary N) is 1. The maximum Gasteiger partial charge on any atom is 0.0615 e. The minimum absolute atomic E-state index is 0.0603. The normalized spacial score (nSPS) is 14.6. The largest absolute Gasteiger partial charge is 0.383 e. The molecule has 0 fully saturated rings. The van der Waals surface area contributed by atoms with Crippen LogP contribution in [-0.4, -0.2) is 37.7 Å². The van der Waals surface area contributed by atoms with E-state index in [0.29, 0.717) is 6.04 Å². The molecule has 0 heterocycles. The van der Waals surface area contributed by atoms with Crippen LogP contribution in [0.2, 0.25) is 0 Å². The smallest absolute Gasteiger partial charge is 0.0615 e. The molecule has 2 atom stereocenters. The number of methoxy groups -OCH3 is 1. The van der Waals surface area contributed by atoms with E-state index in [1.165, 1.54) is 11.1 Å². The second-order valence-electron chi connectivity index (χ2n) is 5.09. The Morgan fingerprint density at radius 3 is 2.32 bits per heavy atom. The van der Waals surface area contributed by atoms with Crippen molar-refractivity contribution in [1.29, 1.82) is 0 Å². The fraction of sp³-hybridized carbons (Fsp3) is 0.625. The third-order valence-electron chi connectivity index (χ3n) is 3.68. The monoisotopic (exact) mass is 264 g/mol. The molecular formula is C16H28N2O. The molecule has 0 spiro atoms. The summed E-state index contributed by atoms with van der Waals surface area (Å²) < 4.78 is 5.22. The van der Waals surface area contributed by atoms with Gasteiger partial charge in [-0.1, -0.05) is 38.1 Å². The van der Waals surface area contributed by atoms with E-state index < -0.39 is 0 Å². The third-order valence-corrected chi connectivity index (χ3v) is 3.68. The molecule has 3 heteroatoms. The molecule has 0 aliphatic rings. The fourth-order valence-corrected chi connectivity index (χ4v) is 2.33. The number of nitrogens with zero attached hydrogens (tertiary/aromatic N) is 1. The van der Waals surface area contributed by atoms with Gasteiger partial charge in [-0.25, -0.2) is 0 Å². The first-order chi connectivity index (χ1) is 9.12. The zero-order chi connectivity index (χ0) is 14.3. The predicted molar refractivity (Wildman–Crippen MR) is 81.3 cm³/mol. The van der Waals surface area contributed by atoms with Gasteiger partial charge in [0.25, 0.3) is 0 Å². The number of benzene rings is 1. The van der Waals surface area contributed by atoms with Crippen LogP contribution in [0.5, 0.6) is 0 Å². The SMILES string of the molecule is CCc1ccc(C(N)CN(CC)C(C)COC)cc1. The van der Waals surface area contributed by atoms with Crippen LogP contribution in [0, 0.1) is 0 Å². The molecule has 1 rings (SSSR count). The van der Waals surface area contributed by atoms with E-state index in [2.05, 4.69) is 49.9 Å². The summed E-state index contributed by atoms with van der Waals surface area (Å²) in [7, 11) is 1.74. The molecule has 3 nitrogen and oxygen atoms in total. The average molecular weight is 264 g/mol. The van der Waals surface area contributed by atoms with Crippen LogP contribution in [0.15, 0.2) is 24.3 Å². The van der Waals surface area contributed by atoms with E-state index >= 15 is 0 Å². The number of likely N-dealkylation sites (N-methyl/N-ethyl adjacent to an activating group) is 1. The molecule has 0 bridgehead atoms. The van der Waals surface area contributed by atoms with Crippen molar-refractivity contribution in [2.45, 2.75) is 39.3 Å². The maximum atomic E-state index is 6.31. The Labute approximate surface area is 117 Å². The lowest BCUT2D eigenvalue weighted by Crippen LogP contribution is -2.40. The van der Waals surface area contributed by atoms with Crippen molar-refractivity contribution in [1.82, 2.24) is 4.90 Å². The van der Waals surface area contributed by atoms with Crippen LogP contribution in [0.1, 0.15) is 37.9 Å². The summed E-state index contributed by atoms with van der Waals surface area (Å²) in [5.41, 5.74) is 8.88.